The van der Waals surface area contributed by atoms with E-state index in [4.69, 9.17) is 4.52 Å². The summed E-state index contributed by atoms with van der Waals surface area (Å²) in [6, 6.07) is 7.71. The molecule has 0 unspecified atom stereocenters. The van der Waals surface area contributed by atoms with Gasteiger partial charge in [-0.1, -0.05) is 33.2 Å². The molecule has 0 atom stereocenters. The minimum atomic E-state index is -0.357. The second-order valence-corrected chi connectivity index (χ2v) is 8.74. The van der Waals surface area contributed by atoms with Crippen molar-refractivity contribution < 1.29 is 9.32 Å². The van der Waals surface area contributed by atoms with Crippen molar-refractivity contribution >= 4 is 27.7 Å². The third-order valence-corrected chi connectivity index (χ3v) is 3.55. The number of nitrogens with one attached hydrogen (secondary N) is 2. The molecule has 2 aromatic rings. The normalized spacial score (nSPS) is 12.1. The van der Waals surface area contributed by atoms with Crippen molar-refractivity contribution in [2.24, 2.45) is 0 Å². The minimum absolute atomic E-state index is 0.221. The van der Waals surface area contributed by atoms with Gasteiger partial charge in [0.15, 0.2) is 5.69 Å². The average Bonchev–Trinajstić information content (AvgIpc) is 2.79. The van der Waals surface area contributed by atoms with Gasteiger partial charge in [0.1, 0.15) is 0 Å². The number of hydrogen-bond acceptors (Lipinski definition) is 4. The van der Waals surface area contributed by atoms with Crippen LogP contribution in [0.5, 0.6) is 0 Å². The van der Waals surface area contributed by atoms with Crippen LogP contribution in [0.4, 0.5) is 5.88 Å². The van der Waals surface area contributed by atoms with E-state index in [9.17, 15) is 4.79 Å². The Morgan fingerprint density at radius 2 is 1.62 bits per heavy atom. The van der Waals surface area contributed by atoms with Gasteiger partial charge in [-0.3, -0.25) is 4.79 Å². The van der Waals surface area contributed by atoms with E-state index in [0.29, 0.717) is 11.4 Å². The van der Waals surface area contributed by atoms with E-state index in [1.54, 1.807) is 0 Å². The van der Waals surface area contributed by atoms with Gasteiger partial charge in [0.2, 0.25) is 5.88 Å². The fraction of sp³-hybridized carbons (Fsp3) is 0.444. The van der Waals surface area contributed by atoms with Gasteiger partial charge in [-0.05, 0) is 59.2 Å². The first-order valence-corrected chi connectivity index (χ1v) is 8.62. The molecule has 0 aliphatic carbocycles. The Hall–Kier alpha value is -1.82. The Balaban J connectivity index is 2.51. The van der Waals surface area contributed by atoms with E-state index in [-0.39, 0.29) is 22.7 Å². The second-order valence-electron chi connectivity index (χ2n) is 7.82. The highest BCUT2D eigenvalue weighted by atomic mass is 79.9. The maximum Gasteiger partial charge on any atom is 0.274 e. The molecule has 0 spiro atoms. The molecule has 130 valence electrons. The van der Waals surface area contributed by atoms with Gasteiger partial charge < -0.3 is 15.2 Å². The van der Waals surface area contributed by atoms with E-state index in [2.05, 4.69) is 31.7 Å². The van der Waals surface area contributed by atoms with Gasteiger partial charge in [0.05, 0.1) is 5.56 Å². The molecule has 1 amide bonds. The van der Waals surface area contributed by atoms with E-state index in [1.165, 1.54) is 0 Å². The number of hydrogen-bond donors (Lipinski definition) is 2. The Labute approximate surface area is 151 Å². The average molecular weight is 394 g/mol. The lowest BCUT2D eigenvalue weighted by molar-refractivity contribution is 0.0911. The van der Waals surface area contributed by atoms with Crippen molar-refractivity contribution in [2.45, 2.75) is 52.6 Å². The van der Waals surface area contributed by atoms with Crippen LogP contribution in [0.15, 0.2) is 33.3 Å². The summed E-state index contributed by atoms with van der Waals surface area (Å²) in [4.78, 5) is 12.6. The van der Waals surface area contributed by atoms with Crippen LogP contribution in [-0.4, -0.2) is 22.1 Å². The molecule has 0 saturated heterocycles. The Morgan fingerprint density at radius 3 is 2.12 bits per heavy atom. The summed E-state index contributed by atoms with van der Waals surface area (Å²) in [6.45, 7) is 11.9. The summed E-state index contributed by atoms with van der Waals surface area (Å²) in [5.74, 6) is 0.231. The summed E-state index contributed by atoms with van der Waals surface area (Å²) in [7, 11) is 0. The monoisotopic (exact) mass is 393 g/mol. The molecule has 1 aromatic carbocycles. The Kier molecular flexibility index (Phi) is 5.08. The van der Waals surface area contributed by atoms with Crippen molar-refractivity contribution in [1.29, 1.82) is 0 Å². The fourth-order valence-corrected chi connectivity index (χ4v) is 2.42. The number of aromatic nitrogens is 1. The van der Waals surface area contributed by atoms with Crippen molar-refractivity contribution in [3.8, 4) is 11.1 Å². The van der Waals surface area contributed by atoms with Crippen molar-refractivity contribution in [3.63, 3.8) is 0 Å². The van der Waals surface area contributed by atoms with Crippen molar-refractivity contribution in [3.05, 3.63) is 34.4 Å². The molecule has 5 nitrogen and oxygen atoms in total. The maximum atomic E-state index is 12.6. The van der Waals surface area contributed by atoms with Crippen LogP contribution in [0.3, 0.4) is 0 Å². The molecular formula is C18H24BrN3O2. The first kappa shape index (κ1) is 18.5. The maximum absolute atomic E-state index is 12.6. The van der Waals surface area contributed by atoms with Gasteiger partial charge in [-0.2, -0.15) is 0 Å². The highest BCUT2D eigenvalue weighted by Gasteiger charge is 2.27. The molecule has 24 heavy (non-hydrogen) atoms. The number of amides is 1. The largest absolute Gasteiger partial charge is 0.349 e. The summed E-state index contributed by atoms with van der Waals surface area (Å²) < 4.78 is 6.42. The van der Waals surface area contributed by atoms with Gasteiger partial charge in [-0.25, -0.2) is 0 Å². The van der Waals surface area contributed by atoms with E-state index >= 15 is 0 Å². The summed E-state index contributed by atoms with van der Waals surface area (Å²) in [6.07, 6.45) is 0. The minimum Gasteiger partial charge on any atom is -0.349 e. The van der Waals surface area contributed by atoms with Crippen molar-refractivity contribution in [2.75, 3.05) is 5.32 Å². The summed E-state index contributed by atoms with van der Waals surface area (Å²) in [5, 5.41) is 10.2. The number of halogens is 1. The molecule has 1 heterocycles. The molecular weight excluding hydrogens is 370 g/mol. The Bertz CT molecular complexity index is 722. The number of rotatable bonds is 3. The number of carbonyl (C=O) groups excluding carboxylic acids is 1. The predicted octanol–water partition coefficient (Wildman–Crippen LogP) is 4.84. The SMILES string of the molecule is CC(C)(C)NC(=O)c1noc(NC(C)(C)C)c1-c1ccc(Br)cc1. The number of nitrogens with zero attached hydrogens (tertiary/aromatic N) is 1. The first-order valence-electron chi connectivity index (χ1n) is 7.82. The number of anilines is 1. The van der Waals surface area contributed by atoms with Crippen LogP contribution in [0.2, 0.25) is 0 Å². The van der Waals surface area contributed by atoms with E-state index in [1.807, 2.05) is 65.8 Å². The van der Waals surface area contributed by atoms with Crippen LogP contribution in [0.1, 0.15) is 52.0 Å². The second kappa shape index (κ2) is 6.59. The Morgan fingerprint density at radius 1 is 1.04 bits per heavy atom. The molecule has 0 radical (unpaired) electrons. The molecule has 0 aliphatic heterocycles. The smallest absolute Gasteiger partial charge is 0.274 e. The van der Waals surface area contributed by atoms with Gasteiger partial charge in [0, 0.05) is 15.6 Å². The molecule has 2 rings (SSSR count). The zero-order chi connectivity index (χ0) is 18.1. The topological polar surface area (TPSA) is 67.2 Å². The summed E-state index contributed by atoms with van der Waals surface area (Å²) in [5.41, 5.74) is 1.23. The number of benzene rings is 1. The van der Waals surface area contributed by atoms with Gasteiger partial charge >= 0.3 is 0 Å². The van der Waals surface area contributed by atoms with Crippen LogP contribution in [-0.2, 0) is 0 Å². The van der Waals surface area contributed by atoms with E-state index in [0.717, 1.165) is 10.0 Å². The van der Waals surface area contributed by atoms with Crippen LogP contribution in [0.25, 0.3) is 11.1 Å². The lowest BCUT2D eigenvalue weighted by atomic mass is 10.0. The molecule has 0 saturated carbocycles. The van der Waals surface area contributed by atoms with Gasteiger partial charge in [-0.15, -0.1) is 0 Å². The molecule has 2 N–H and O–H groups in total. The highest BCUT2D eigenvalue weighted by molar-refractivity contribution is 9.10. The molecule has 0 fully saturated rings. The molecule has 0 bridgehead atoms. The summed E-state index contributed by atoms with van der Waals surface area (Å²) >= 11 is 3.43. The van der Waals surface area contributed by atoms with Crippen LogP contribution < -0.4 is 10.6 Å². The standard InChI is InChI=1S/C18H24BrN3O2/c1-17(2,3)20-15(23)14-13(11-7-9-12(19)10-8-11)16(24-22-14)21-18(4,5)6/h7-10,21H,1-6H3,(H,20,23). The van der Waals surface area contributed by atoms with Crippen molar-refractivity contribution in [1.82, 2.24) is 10.5 Å². The third kappa shape index (κ3) is 4.84. The highest BCUT2D eigenvalue weighted by Crippen LogP contribution is 2.34. The first-order chi connectivity index (χ1) is 11.0. The number of carbonyl (C=O) groups is 1. The van der Waals surface area contributed by atoms with E-state index < -0.39 is 0 Å². The van der Waals surface area contributed by atoms with Crippen LogP contribution in [0, 0.1) is 0 Å². The third-order valence-electron chi connectivity index (χ3n) is 3.02. The molecule has 6 heteroatoms. The van der Waals surface area contributed by atoms with Crippen LogP contribution >= 0.6 is 15.9 Å². The lowest BCUT2D eigenvalue weighted by Crippen LogP contribution is -2.40. The zero-order valence-electron chi connectivity index (χ0n) is 15.0. The quantitative estimate of drug-likeness (QED) is 0.782. The fourth-order valence-electron chi connectivity index (χ4n) is 2.16. The lowest BCUT2D eigenvalue weighted by Gasteiger charge is -2.21. The predicted molar refractivity (Wildman–Crippen MR) is 100 cm³/mol. The van der Waals surface area contributed by atoms with Gasteiger partial charge in [0.25, 0.3) is 5.91 Å². The molecule has 0 aliphatic rings. The molecule has 1 aromatic heterocycles. The zero-order valence-corrected chi connectivity index (χ0v) is 16.5.